The largest absolute Gasteiger partial charge is 0.345 e. The van der Waals surface area contributed by atoms with E-state index in [9.17, 15) is 0 Å². The van der Waals surface area contributed by atoms with Gasteiger partial charge in [-0.15, -0.1) is 0 Å². The molecular formula is C14H24N2. The summed E-state index contributed by atoms with van der Waals surface area (Å²) in [5, 5.41) is 0. The van der Waals surface area contributed by atoms with Crippen molar-refractivity contribution < 1.29 is 0 Å². The monoisotopic (exact) mass is 220 g/mol. The number of nitrogens with zero attached hydrogens (tertiary/aromatic N) is 1. The lowest BCUT2D eigenvalue weighted by Crippen LogP contribution is -2.14. The molecule has 2 nitrogen and oxygen atoms in total. The van der Waals surface area contributed by atoms with Gasteiger partial charge >= 0.3 is 0 Å². The highest BCUT2D eigenvalue weighted by Crippen LogP contribution is 2.34. The number of fused-ring (bicyclic) bond motifs is 1. The van der Waals surface area contributed by atoms with Gasteiger partial charge in [-0.1, -0.05) is 27.7 Å². The van der Waals surface area contributed by atoms with Gasteiger partial charge in [-0.05, 0) is 31.6 Å². The Balaban J connectivity index is 2.29. The molecule has 90 valence electrons. The number of aromatic nitrogens is 2. The van der Waals surface area contributed by atoms with Crippen LogP contribution in [0.4, 0.5) is 0 Å². The van der Waals surface area contributed by atoms with Crippen LogP contribution in [0, 0.1) is 5.92 Å². The normalized spacial score (nSPS) is 24.8. The van der Waals surface area contributed by atoms with E-state index >= 15 is 0 Å². The fourth-order valence-electron chi connectivity index (χ4n) is 3.02. The van der Waals surface area contributed by atoms with E-state index in [1.807, 2.05) is 0 Å². The molecule has 0 aromatic carbocycles. The Morgan fingerprint density at radius 3 is 2.62 bits per heavy atom. The fraction of sp³-hybridized carbons (Fsp3) is 0.786. The summed E-state index contributed by atoms with van der Waals surface area (Å²) >= 11 is 0. The highest BCUT2D eigenvalue weighted by Gasteiger charge is 2.26. The molecule has 2 unspecified atom stereocenters. The number of hydrogen-bond donors (Lipinski definition) is 1. The molecule has 1 aromatic rings. The molecule has 0 bridgehead atoms. The number of hydrogen-bond acceptors (Lipinski definition) is 1. The van der Waals surface area contributed by atoms with E-state index in [0.717, 1.165) is 5.92 Å². The van der Waals surface area contributed by atoms with Crippen LogP contribution < -0.4 is 0 Å². The zero-order valence-corrected chi connectivity index (χ0v) is 11.0. The quantitative estimate of drug-likeness (QED) is 0.819. The maximum Gasteiger partial charge on any atom is 0.109 e. The van der Waals surface area contributed by atoms with Crippen LogP contribution in [-0.2, 0) is 6.42 Å². The molecule has 0 saturated heterocycles. The number of H-pyrrole nitrogens is 1. The van der Waals surface area contributed by atoms with Crippen LogP contribution in [-0.4, -0.2) is 9.97 Å². The molecule has 16 heavy (non-hydrogen) atoms. The Labute approximate surface area is 98.9 Å². The van der Waals surface area contributed by atoms with Gasteiger partial charge in [0.2, 0.25) is 0 Å². The molecule has 2 heteroatoms. The van der Waals surface area contributed by atoms with Crippen molar-refractivity contribution in [1.29, 1.82) is 0 Å². The summed E-state index contributed by atoms with van der Waals surface area (Å²) in [5.41, 5.74) is 2.76. The minimum Gasteiger partial charge on any atom is -0.345 e. The summed E-state index contributed by atoms with van der Waals surface area (Å²) < 4.78 is 0. The molecule has 0 radical (unpaired) electrons. The molecule has 0 saturated carbocycles. The maximum absolute atomic E-state index is 4.85. The highest BCUT2D eigenvalue weighted by atomic mass is 15.0. The van der Waals surface area contributed by atoms with Gasteiger partial charge in [0.1, 0.15) is 5.82 Å². The zero-order chi connectivity index (χ0) is 11.7. The smallest absolute Gasteiger partial charge is 0.109 e. The minimum atomic E-state index is 0.619. The van der Waals surface area contributed by atoms with Crippen LogP contribution in [0.2, 0.25) is 0 Å². The number of aromatic amines is 1. The third kappa shape index (κ3) is 2.02. The Kier molecular flexibility index (Phi) is 3.36. The van der Waals surface area contributed by atoms with Gasteiger partial charge < -0.3 is 4.98 Å². The molecule has 0 amide bonds. The third-order valence-corrected chi connectivity index (χ3v) is 3.98. The van der Waals surface area contributed by atoms with E-state index in [1.54, 1.807) is 0 Å². The van der Waals surface area contributed by atoms with Crippen molar-refractivity contribution in [3.05, 3.63) is 17.2 Å². The standard InChI is InChI=1S/C14H24N2/c1-5-11(6-2)14-15-12-8-9(3)7-10(4)13(12)16-14/h9-11H,5-8H2,1-4H3,(H,15,16). The zero-order valence-electron chi connectivity index (χ0n) is 11.0. The molecule has 1 aliphatic rings. The summed E-state index contributed by atoms with van der Waals surface area (Å²) in [6.45, 7) is 9.16. The molecule has 0 aliphatic heterocycles. The van der Waals surface area contributed by atoms with Crippen molar-refractivity contribution >= 4 is 0 Å². The van der Waals surface area contributed by atoms with E-state index in [0.29, 0.717) is 11.8 Å². The van der Waals surface area contributed by atoms with Crippen molar-refractivity contribution in [2.45, 2.75) is 65.2 Å². The second-order valence-electron chi connectivity index (χ2n) is 5.45. The second-order valence-corrected chi connectivity index (χ2v) is 5.45. The molecule has 2 atom stereocenters. The molecule has 0 fully saturated rings. The van der Waals surface area contributed by atoms with Crippen LogP contribution in [0.3, 0.4) is 0 Å². The Morgan fingerprint density at radius 1 is 1.31 bits per heavy atom. The van der Waals surface area contributed by atoms with Crippen molar-refractivity contribution in [1.82, 2.24) is 9.97 Å². The molecule has 1 aliphatic carbocycles. The Morgan fingerprint density at radius 2 is 2.00 bits per heavy atom. The molecule has 2 rings (SSSR count). The van der Waals surface area contributed by atoms with Crippen molar-refractivity contribution in [2.75, 3.05) is 0 Å². The van der Waals surface area contributed by atoms with Crippen LogP contribution in [0.1, 0.15) is 76.0 Å². The lowest BCUT2D eigenvalue weighted by Gasteiger charge is -2.22. The lowest BCUT2D eigenvalue weighted by atomic mass is 9.84. The predicted octanol–water partition coefficient (Wildman–Crippen LogP) is 4.00. The SMILES string of the molecule is CCC(CC)c1nc2c([nH]1)CC(C)CC2C. The number of imidazole rings is 1. The van der Waals surface area contributed by atoms with Gasteiger partial charge in [0.05, 0.1) is 5.69 Å². The van der Waals surface area contributed by atoms with Gasteiger partial charge in [0.15, 0.2) is 0 Å². The van der Waals surface area contributed by atoms with Gasteiger partial charge in [-0.25, -0.2) is 4.98 Å². The van der Waals surface area contributed by atoms with Crippen molar-refractivity contribution in [2.24, 2.45) is 5.92 Å². The van der Waals surface area contributed by atoms with Gasteiger partial charge in [-0.3, -0.25) is 0 Å². The molecule has 1 aromatic heterocycles. The summed E-state index contributed by atoms with van der Waals surface area (Å²) in [5.74, 6) is 3.29. The van der Waals surface area contributed by atoms with E-state index in [2.05, 4.69) is 32.7 Å². The summed E-state index contributed by atoms with van der Waals surface area (Å²) in [6, 6.07) is 0. The minimum absolute atomic E-state index is 0.619. The summed E-state index contributed by atoms with van der Waals surface area (Å²) in [7, 11) is 0. The highest BCUT2D eigenvalue weighted by molar-refractivity contribution is 5.23. The fourth-order valence-corrected chi connectivity index (χ4v) is 3.02. The van der Waals surface area contributed by atoms with Gasteiger partial charge in [0, 0.05) is 17.5 Å². The number of nitrogens with one attached hydrogen (secondary N) is 1. The molecular weight excluding hydrogens is 196 g/mol. The first kappa shape index (κ1) is 11.7. The van der Waals surface area contributed by atoms with E-state index < -0.39 is 0 Å². The Hall–Kier alpha value is -0.790. The van der Waals surface area contributed by atoms with Gasteiger partial charge in [0.25, 0.3) is 0 Å². The first-order valence-electron chi connectivity index (χ1n) is 6.74. The lowest BCUT2D eigenvalue weighted by molar-refractivity contribution is 0.440. The van der Waals surface area contributed by atoms with E-state index in [4.69, 9.17) is 4.98 Å². The van der Waals surface area contributed by atoms with Crippen LogP contribution in [0.25, 0.3) is 0 Å². The van der Waals surface area contributed by atoms with Crippen molar-refractivity contribution in [3.63, 3.8) is 0 Å². The molecule has 1 heterocycles. The average Bonchev–Trinajstić information content (AvgIpc) is 2.63. The van der Waals surface area contributed by atoms with E-state index in [1.165, 1.54) is 42.9 Å². The van der Waals surface area contributed by atoms with Crippen molar-refractivity contribution in [3.8, 4) is 0 Å². The summed E-state index contributed by atoms with van der Waals surface area (Å²) in [6.07, 6.45) is 4.85. The summed E-state index contributed by atoms with van der Waals surface area (Å²) in [4.78, 5) is 8.44. The van der Waals surface area contributed by atoms with E-state index in [-0.39, 0.29) is 0 Å². The molecule has 1 N–H and O–H groups in total. The van der Waals surface area contributed by atoms with Gasteiger partial charge in [-0.2, -0.15) is 0 Å². The molecule has 0 spiro atoms. The topological polar surface area (TPSA) is 28.7 Å². The van der Waals surface area contributed by atoms with Crippen LogP contribution >= 0.6 is 0 Å². The third-order valence-electron chi connectivity index (χ3n) is 3.98. The first-order valence-corrected chi connectivity index (χ1v) is 6.74. The number of rotatable bonds is 3. The van der Waals surface area contributed by atoms with Crippen LogP contribution in [0.5, 0.6) is 0 Å². The maximum atomic E-state index is 4.85. The van der Waals surface area contributed by atoms with Crippen LogP contribution in [0.15, 0.2) is 0 Å². The first-order chi connectivity index (χ1) is 7.65. The average molecular weight is 220 g/mol. The second kappa shape index (κ2) is 4.60. The predicted molar refractivity (Wildman–Crippen MR) is 67.8 cm³/mol. The Bertz CT molecular complexity index is 350.